The Morgan fingerprint density at radius 1 is 1.00 bits per heavy atom. The van der Waals surface area contributed by atoms with E-state index in [-0.39, 0.29) is 5.91 Å². The predicted octanol–water partition coefficient (Wildman–Crippen LogP) is 5.73. The SMILES string of the molecule is Cc1cccc(OCCCCC(=O)Nc2ccccc2-c2nc3ccccc3[nH]2)c1. The summed E-state index contributed by atoms with van der Waals surface area (Å²) in [5.41, 5.74) is 4.70. The van der Waals surface area contributed by atoms with Crippen LogP contribution in [0.1, 0.15) is 24.8 Å². The van der Waals surface area contributed by atoms with Crippen LogP contribution in [0.15, 0.2) is 72.8 Å². The van der Waals surface area contributed by atoms with E-state index in [0.717, 1.165) is 46.7 Å². The number of H-pyrrole nitrogens is 1. The number of para-hydroxylation sites is 3. The monoisotopic (exact) mass is 399 g/mol. The van der Waals surface area contributed by atoms with Gasteiger partial charge in [0.1, 0.15) is 11.6 Å². The molecule has 4 aromatic rings. The quantitative estimate of drug-likeness (QED) is 0.372. The highest BCUT2D eigenvalue weighted by Crippen LogP contribution is 2.27. The van der Waals surface area contributed by atoms with Crippen molar-refractivity contribution in [3.8, 4) is 17.1 Å². The van der Waals surface area contributed by atoms with E-state index in [1.165, 1.54) is 5.56 Å². The molecule has 1 aromatic heterocycles. The summed E-state index contributed by atoms with van der Waals surface area (Å²) in [4.78, 5) is 20.4. The van der Waals surface area contributed by atoms with Gasteiger partial charge in [0.2, 0.25) is 5.91 Å². The van der Waals surface area contributed by atoms with Crippen LogP contribution in [0.25, 0.3) is 22.4 Å². The molecule has 0 saturated heterocycles. The van der Waals surface area contributed by atoms with Gasteiger partial charge in [0.05, 0.1) is 23.3 Å². The standard InChI is InChI=1S/C25H25N3O2/c1-18-9-8-10-19(17-18)30-16-7-6-15-24(29)26-21-12-3-2-11-20(21)25-27-22-13-4-5-14-23(22)28-25/h2-5,8-14,17H,6-7,15-16H2,1H3,(H,26,29)(H,27,28). The number of anilines is 1. The number of unbranched alkanes of at least 4 members (excludes halogenated alkanes) is 1. The van der Waals surface area contributed by atoms with Gasteiger partial charge in [0, 0.05) is 12.0 Å². The Morgan fingerprint density at radius 3 is 2.70 bits per heavy atom. The van der Waals surface area contributed by atoms with Gasteiger partial charge in [-0.25, -0.2) is 4.98 Å². The highest BCUT2D eigenvalue weighted by atomic mass is 16.5. The van der Waals surface area contributed by atoms with Crippen LogP contribution >= 0.6 is 0 Å². The number of ether oxygens (including phenoxy) is 1. The maximum atomic E-state index is 12.5. The molecule has 2 N–H and O–H groups in total. The maximum absolute atomic E-state index is 12.5. The van der Waals surface area contributed by atoms with Crippen LogP contribution in [0.5, 0.6) is 5.75 Å². The zero-order valence-corrected chi connectivity index (χ0v) is 17.0. The van der Waals surface area contributed by atoms with Crippen molar-refractivity contribution in [3.05, 3.63) is 78.4 Å². The van der Waals surface area contributed by atoms with Crippen LogP contribution in [0.4, 0.5) is 5.69 Å². The van der Waals surface area contributed by atoms with Crippen molar-refractivity contribution in [3.63, 3.8) is 0 Å². The van der Waals surface area contributed by atoms with Gasteiger partial charge in [-0.05, 0) is 61.7 Å². The number of nitrogens with one attached hydrogen (secondary N) is 2. The molecule has 1 amide bonds. The van der Waals surface area contributed by atoms with E-state index >= 15 is 0 Å². The first kappa shape index (κ1) is 19.7. The second kappa shape index (κ2) is 9.27. The first-order valence-corrected chi connectivity index (χ1v) is 10.2. The van der Waals surface area contributed by atoms with Crippen molar-refractivity contribution in [2.45, 2.75) is 26.2 Å². The minimum Gasteiger partial charge on any atom is -0.494 e. The van der Waals surface area contributed by atoms with Crippen molar-refractivity contribution in [1.82, 2.24) is 9.97 Å². The zero-order valence-electron chi connectivity index (χ0n) is 17.0. The molecule has 152 valence electrons. The van der Waals surface area contributed by atoms with Crippen LogP contribution in [-0.2, 0) is 4.79 Å². The number of hydrogen-bond acceptors (Lipinski definition) is 3. The molecule has 0 bridgehead atoms. The molecule has 0 fully saturated rings. The zero-order chi connectivity index (χ0) is 20.8. The van der Waals surface area contributed by atoms with Crippen molar-refractivity contribution < 1.29 is 9.53 Å². The normalized spacial score (nSPS) is 10.8. The second-order valence-electron chi connectivity index (χ2n) is 7.32. The fourth-order valence-electron chi connectivity index (χ4n) is 3.37. The highest BCUT2D eigenvalue weighted by Gasteiger charge is 2.11. The topological polar surface area (TPSA) is 67.0 Å². The minimum absolute atomic E-state index is 0.00545. The number of carbonyl (C=O) groups is 1. The molecule has 1 heterocycles. The highest BCUT2D eigenvalue weighted by molar-refractivity contribution is 5.95. The summed E-state index contributed by atoms with van der Waals surface area (Å²) in [5.74, 6) is 1.62. The largest absolute Gasteiger partial charge is 0.494 e. The summed E-state index contributed by atoms with van der Waals surface area (Å²) < 4.78 is 5.75. The molecule has 5 nitrogen and oxygen atoms in total. The summed E-state index contributed by atoms with van der Waals surface area (Å²) >= 11 is 0. The van der Waals surface area contributed by atoms with Crippen molar-refractivity contribution >= 4 is 22.6 Å². The lowest BCUT2D eigenvalue weighted by Gasteiger charge is -2.10. The molecule has 3 aromatic carbocycles. The third kappa shape index (κ3) is 4.87. The van der Waals surface area contributed by atoms with Crippen LogP contribution in [0.3, 0.4) is 0 Å². The molecule has 0 saturated carbocycles. The van der Waals surface area contributed by atoms with Gasteiger partial charge in [-0.15, -0.1) is 0 Å². The second-order valence-corrected chi connectivity index (χ2v) is 7.32. The molecular weight excluding hydrogens is 374 g/mol. The van der Waals surface area contributed by atoms with Crippen molar-refractivity contribution in [1.29, 1.82) is 0 Å². The summed E-state index contributed by atoms with van der Waals surface area (Å²) in [7, 11) is 0. The average Bonchev–Trinajstić information content (AvgIpc) is 3.18. The molecule has 5 heteroatoms. The Morgan fingerprint density at radius 2 is 1.83 bits per heavy atom. The number of imidazole rings is 1. The van der Waals surface area contributed by atoms with Gasteiger partial charge in [0.25, 0.3) is 0 Å². The number of rotatable bonds is 8. The summed E-state index contributed by atoms with van der Waals surface area (Å²) in [6.45, 7) is 2.65. The van der Waals surface area contributed by atoms with E-state index < -0.39 is 0 Å². The molecular formula is C25H25N3O2. The number of aryl methyl sites for hydroxylation is 1. The minimum atomic E-state index is -0.00545. The molecule has 0 spiro atoms. The Hall–Kier alpha value is -3.60. The number of aromatic nitrogens is 2. The van der Waals surface area contributed by atoms with Crippen LogP contribution in [0.2, 0.25) is 0 Å². The molecule has 0 unspecified atom stereocenters. The van der Waals surface area contributed by atoms with E-state index in [1.807, 2.05) is 79.7 Å². The van der Waals surface area contributed by atoms with Crippen molar-refractivity contribution in [2.24, 2.45) is 0 Å². The molecule has 0 aliphatic rings. The lowest BCUT2D eigenvalue weighted by atomic mass is 10.1. The van der Waals surface area contributed by atoms with E-state index in [1.54, 1.807) is 0 Å². The summed E-state index contributed by atoms with van der Waals surface area (Å²) in [5, 5.41) is 3.03. The van der Waals surface area contributed by atoms with Gasteiger partial charge in [-0.1, -0.05) is 36.4 Å². The van der Waals surface area contributed by atoms with E-state index in [2.05, 4.69) is 15.3 Å². The summed E-state index contributed by atoms with van der Waals surface area (Å²) in [6.07, 6.45) is 2.04. The van der Waals surface area contributed by atoms with E-state index in [0.29, 0.717) is 13.0 Å². The predicted molar refractivity (Wildman–Crippen MR) is 121 cm³/mol. The van der Waals surface area contributed by atoms with Crippen LogP contribution in [-0.4, -0.2) is 22.5 Å². The average molecular weight is 399 g/mol. The molecule has 0 aliphatic carbocycles. The molecule has 0 aliphatic heterocycles. The van der Waals surface area contributed by atoms with Crippen LogP contribution < -0.4 is 10.1 Å². The number of carbonyl (C=O) groups excluding carboxylic acids is 1. The Balaban J connectivity index is 1.31. The maximum Gasteiger partial charge on any atom is 0.224 e. The lowest BCUT2D eigenvalue weighted by molar-refractivity contribution is -0.116. The van der Waals surface area contributed by atoms with E-state index in [9.17, 15) is 4.79 Å². The van der Waals surface area contributed by atoms with Gasteiger partial charge >= 0.3 is 0 Å². The Labute approximate surface area is 176 Å². The van der Waals surface area contributed by atoms with Gasteiger partial charge in [-0.2, -0.15) is 0 Å². The third-order valence-electron chi connectivity index (χ3n) is 4.90. The number of nitrogens with zero attached hydrogens (tertiary/aromatic N) is 1. The van der Waals surface area contributed by atoms with Gasteiger partial charge in [0.15, 0.2) is 0 Å². The number of amides is 1. The molecule has 0 atom stereocenters. The fourth-order valence-corrected chi connectivity index (χ4v) is 3.37. The number of benzene rings is 3. The summed E-state index contributed by atoms with van der Waals surface area (Å²) in [6, 6.07) is 23.6. The smallest absolute Gasteiger partial charge is 0.224 e. The van der Waals surface area contributed by atoms with Gasteiger partial charge in [-0.3, -0.25) is 4.79 Å². The number of fused-ring (bicyclic) bond motifs is 1. The number of hydrogen-bond donors (Lipinski definition) is 2. The van der Waals surface area contributed by atoms with E-state index in [4.69, 9.17) is 4.74 Å². The Bertz CT molecular complexity index is 1120. The fraction of sp³-hybridized carbons (Fsp3) is 0.200. The van der Waals surface area contributed by atoms with Gasteiger partial charge < -0.3 is 15.0 Å². The molecule has 30 heavy (non-hydrogen) atoms. The Kier molecular flexibility index (Phi) is 6.09. The molecule has 0 radical (unpaired) electrons. The first-order chi connectivity index (χ1) is 14.7. The third-order valence-corrected chi connectivity index (χ3v) is 4.90. The number of aromatic amines is 1. The lowest BCUT2D eigenvalue weighted by Crippen LogP contribution is -2.12. The molecule has 4 rings (SSSR count). The van der Waals surface area contributed by atoms with Crippen LogP contribution in [0, 0.1) is 6.92 Å². The van der Waals surface area contributed by atoms with Crippen molar-refractivity contribution in [2.75, 3.05) is 11.9 Å². The first-order valence-electron chi connectivity index (χ1n) is 10.2.